The molecule has 0 aliphatic heterocycles. The predicted molar refractivity (Wildman–Crippen MR) is 85.1 cm³/mol. The number of nitrogens with zero attached hydrogens (tertiary/aromatic N) is 1. The van der Waals surface area contributed by atoms with E-state index in [-0.39, 0.29) is 0 Å². The standard InChI is InChI=1S/C16H22N2OS/c1-2-18(13-15-7-5-11-20-15)9-10-19-16-8-4-3-6-14(16)12-17/h3-8,11H,2,9-10,12-13,17H2,1H3. The summed E-state index contributed by atoms with van der Waals surface area (Å²) in [6.07, 6.45) is 0. The molecule has 0 unspecified atom stereocenters. The van der Waals surface area contributed by atoms with Gasteiger partial charge in [-0.25, -0.2) is 0 Å². The number of hydrogen-bond acceptors (Lipinski definition) is 4. The molecule has 20 heavy (non-hydrogen) atoms. The van der Waals surface area contributed by atoms with Gasteiger partial charge < -0.3 is 10.5 Å². The minimum absolute atomic E-state index is 0.517. The Kier molecular flexibility index (Phi) is 6.05. The van der Waals surface area contributed by atoms with Crippen LogP contribution in [-0.2, 0) is 13.1 Å². The molecule has 0 atom stereocenters. The van der Waals surface area contributed by atoms with Crippen LogP contribution in [0.25, 0.3) is 0 Å². The number of hydrogen-bond donors (Lipinski definition) is 1. The average Bonchev–Trinajstić information content (AvgIpc) is 2.99. The Morgan fingerprint density at radius 3 is 2.75 bits per heavy atom. The van der Waals surface area contributed by atoms with Crippen LogP contribution in [0.5, 0.6) is 5.75 Å². The van der Waals surface area contributed by atoms with Gasteiger partial charge in [0.2, 0.25) is 0 Å². The summed E-state index contributed by atoms with van der Waals surface area (Å²) in [5, 5.41) is 2.12. The molecule has 0 saturated carbocycles. The maximum atomic E-state index is 5.86. The Labute approximate surface area is 125 Å². The Morgan fingerprint density at radius 1 is 1.20 bits per heavy atom. The molecular formula is C16H22N2OS. The van der Waals surface area contributed by atoms with Crippen LogP contribution >= 0.6 is 11.3 Å². The number of thiophene rings is 1. The molecule has 1 aromatic heterocycles. The van der Waals surface area contributed by atoms with E-state index in [1.165, 1.54) is 4.88 Å². The summed E-state index contributed by atoms with van der Waals surface area (Å²) in [5.74, 6) is 0.905. The molecule has 0 aliphatic carbocycles. The molecule has 0 saturated heterocycles. The first-order valence-electron chi connectivity index (χ1n) is 6.99. The van der Waals surface area contributed by atoms with Gasteiger partial charge in [0.05, 0.1) is 0 Å². The molecule has 108 valence electrons. The minimum Gasteiger partial charge on any atom is -0.492 e. The van der Waals surface area contributed by atoms with Gasteiger partial charge in [-0.15, -0.1) is 11.3 Å². The fourth-order valence-electron chi connectivity index (χ4n) is 2.07. The second-order valence-corrected chi connectivity index (χ2v) is 5.64. The predicted octanol–water partition coefficient (Wildman–Crippen LogP) is 3.11. The van der Waals surface area contributed by atoms with Crippen LogP contribution in [0.1, 0.15) is 17.4 Å². The fraction of sp³-hybridized carbons (Fsp3) is 0.375. The Balaban J connectivity index is 1.81. The smallest absolute Gasteiger partial charge is 0.123 e. The van der Waals surface area contributed by atoms with Crippen molar-refractivity contribution < 1.29 is 4.74 Å². The summed E-state index contributed by atoms with van der Waals surface area (Å²) >= 11 is 1.80. The van der Waals surface area contributed by atoms with Crippen LogP contribution < -0.4 is 10.5 Å². The van der Waals surface area contributed by atoms with E-state index in [0.29, 0.717) is 13.2 Å². The topological polar surface area (TPSA) is 38.5 Å². The number of nitrogens with two attached hydrogens (primary N) is 1. The Hall–Kier alpha value is -1.36. The number of rotatable bonds is 8. The largest absolute Gasteiger partial charge is 0.492 e. The normalized spacial score (nSPS) is 10.9. The summed E-state index contributed by atoms with van der Waals surface area (Å²) in [5.41, 5.74) is 6.77. The van der Waals surface area contributed by atoms with Gasteiger partial charge >= 0.3 is 0 Å². The first-order chi connectivity index (χ1) is 9.83. The quantitative estimate of drug-likeness (QED) is 0.812. The van der Waals surface area contributed by atoms with Gasteiger partial charge in [0, 0.05) is 30.1 Å². The van der Waals surface area contributed by atoms with Crippen LogP contribution in [0, 0.1) is 0 Å². The summed E-state index contributed by atoms with van der Waals surface area (Å²) in [6.45, 7) is 6.34. The summed E-state index contributed by atoms with van der Waals surface area (Å²) in [6, 6.07) is 12.2. The molecule has 0 spiro atoms. The van der Waals surface area contributed by atoms with Gasteiger partial charge in [0.15, 0.2) is 0 Å². The molecule has 0 fully saturated rings. The highest BCUT2D eigenvalue weighted by atomic mass is 32.1. The molecule has 0 aliphatic rings. The fourth-order valence-corrected chi connectivity index (χ4v) is 2.82. The van der Waals surface area contributed by atoms with Crippen molar-refractivity contribution >= 4 is 11.3 Å². The lowest BCUT2D eigenvalue weighted by molar-refractivity contribution is 0.210. The van der Waals surface area contributed by atoms with Crippen molar-refractivity contribution in [2.75, 3.05) is 19.7 Å². The van der Waals surface area contributed by atoms with Gasteiger partial charge in [-0.2, -0.15) is 0 Å². The first-order valence-corrected chi connectivity index (χ1v) is 7.87. The molecule has 0 bridgehead atoms. The van der Waals surface area contributed by atoms with Crippen molar-refractivity contribution in [1.29, 1.82) is 0 Å². The Morgan fingerprint density at radius 2 is 2.05 bits per heavy atom. The summed E-state index contributed by atoms with van der Waals surface area (Å²) in [7, 11) is 0. The highest BCUT2D eigenvalue weighted by molar-refractivity contribution is 7.09. The van der Waals surface area contributed by atoms with Crippen LogP contribution in [0.3, 0.4) is 0 Å². The minimum atomic E-state index is 0.517. The zero-order chi connectivity index (χ0) is 14.2. The second kappa shape index (κ2) is 8.04. The van der Waals surface area contributed by atoms with Gasteiger partial charge in [0.25, 0.3) is 0 Å². The Bertz CT molecular complexity index is 499. The van der Waals surface area contributed by atoms with Crippen LogP contribution in [0.2, 0.25) is 0 Å². The van der Waals surface area contributed by atoms with Crippen molar-refractivity contribution in [3.05, 3.63) is 52.2 Å². The summed E-state index contributed by atoms with van der Waals surface area (Å²) < 4.78 is 5.86. The SMILES string of the molecule is CCN(CCOc1ccccc1CN)Cc1cccs1. The second-order valence-electron chi connectivity index (χ2n) is 4.61. The van der Waals surface area contributed by atoms with Crippen molar-refractivity contribution in [2.45, 2.75) is 20.0 Å². The average molecular weight is 290 g/mol. The highest BCUT2D eigenvalue weighted by Crippen LogP contribution is 2.17. The van der Waals surface area contributed by atoms with Gasteiger partial charge in [-0.05, 0) is 24.1 Å². The number of benzene rings is 1. The van der Waals surface area contributed by atoms with E-state index in [2.05, 4.69) is 29.3 Å². The maximum absolute atomic E-state index is 5.86. The number of ether oxygens (including phenoxy) is 1. The van der Waals surface area contributed by atoms with E-state index in [1.54, 1.807) is 11.3 Å². The first kappa shape index (κ1) is 15.0. The van der Waals surface area contributed by atoms with Gasteiger partial charge in [-0.3, -0.25) is 4.90 Å². The lowest BCUT2D eigenvalue weighted by atomic mass is 10.2. The molecule has 2 rings (SSSR count). The monoisotopic (exact) mass is 290 g/mol. The zero-order valence-electron chi connectivity index (χ0n) is 11.9. The molecule has 0 radical (unpaired) electrons. The zero-order valence-corrected chi connectivity index (χ0v) is 12.7. The number of likely N-dealkylation sites (N-methyl/N-ethyl adjacent to an activating group) is 1. The van der Waals surface area contributed by atoms with Gasteiger partial charge in [-0.1, -0.05) is 31.2 Å². The molecule has 2 N–H and O–H groups in total. The van der Waals surface area contributed by atoms with E-state index in [4.69, 9.17) is 10.5 Å². The molecule has 1 aromatic carbocycles. The van der Waals surface area contributed by atoms with E-state index >= 15 is 0 Å². The molecular weight excluding hydrogens is 268 g/mol. The van der Waals surface area contributed by atoms with Crippen molar-refractivity contribution in [2.24, 2.45) is 5.73 Å². The van der Waals surface area contributed by atoms with Crippen molar-refractivity contribution in [1.82, 2.24) is 4.90 Å². The van der Waals surface area contributed by atoms with Crippen LogP contribution in [0.4, 0.5) is 0 Å². The maximum Gasteiger partial charge on any atom is 0.123 e. The third-order valence-electron chi connectivity index (χ3n) is 3.26. The molecule has 0 amide bonds. The van der Waals surface area contributed by atoms with Crippen LogP contribution in [0.15, 0.2) is 41.8 Å². The highest BCUT2D eigenvalue weighted by Gasteiger charge is 2.06. The van der Waals surface area contributed by atoms with Gasteiger partial charge in [0.1, 0.15) is 12.4 Å². The number of para-hydroxylation sites is 1. The summed E-state index contributed by atoms with van der Waals surface area (Å²) in [4.78, 5) is 3.78. The van der Waals surface area contributed by atoms with E-state index in [1.807, 2.05) is 24.3 Å². The molecule has 4 heteroatoms. The molecule has 1 heterocycles. The molecule has 2 aromatic rings. The lowest BCUT2D eigenvalue weighted by Crippen LogP contribution is -2.27. The van der Waals surface area contributed by atoms with Crippen molar-refractivity contribution in [3.63, 3.8) is 0 Å². The van der Waals surface area contributed by atoms with E-state index < -0.39 is 0 Å². The van der Waals surface area contributed by atoms with Crippen LogP contribution in [-0.4, -0.2) is 24.6 Å². The van der Waals surface area contributed by atoms with Crippen molar-refractivity contribution in [3.8, 4) is 5.75 Å². The third-order valence-corrected chi connectivity index (χ3v) is 4.13. The molecule has 3 nitrogen and oxygen atoms in total. The van der Waals surface area contributed by atoms with E-state index in [9.17, 15) is 0 Å². The third kappa shape index (κ3) is 4.34. The van der Waals surface area contributed by atoms with E-state index in [0.717, 1.165) is 30.9 Å². The lowest BCUT2D eigenvalue weighted by Gasteiger charge is -2.20.